The number of halogens is 1. The molecule has 23 heavy (non-hydrogen) atoms. The van der Waals surface area contributed by atoms with Crippen molar-refractivity contribution in [1.82, 2.24) is 9.80 Å². The van der Waals surface area contributed by atoms with Crippen LogP contribution < -0.4 is 9.47 Å². The second-order valence-electron chi connectivity index (χ2n) is 6.27. The third-order valence-corrected chi connectivity index (χ3v) is 4.20. The van der Waals surface area contributed by atoms with Gasteiger partial charge in [-0.25, -0.2) is 0 Å². The van der Waals surface area contributed by atoms with Crippen LogP contribution in [0.4, 0.5) is 0 Å². The van der Waals surface area contributed by atoms with Crippen molar-refractivity contribution >= 4 is 17.5 Å². The van der Waals surface area contributed by atoms with Crippen molar-refractivity contribution in [3.05, 3.63) is 22.7 Å². The smallest absolute Gasteiger partial charge is 0.254 e. The molecule has 6 heteroatoms. The first-order valence-electron chi connectivity index (χ1n) is 7.87. The van der Waals surface area contributed by atoms with Crippen LogP contribution in [-0.2, 0) is 0 Å². The second-order valence-corrected chi connectivity index (χ2v) is 6.67. The monoisotopic (exact) mass is 340 g/mol. The maximum Gasteiger partial charge on any atom is 0.254 e. The minimum absolute atomic E-state index is 0.0260. The summed E-state index contributed by atoms with van der Waals surface area (Å²) in [6.07, 6.45) is -0.0272. The van der Waals surface area contributed by atoms with E-state index in [1.807, 2.05) is 18.7 Å². The highest BCUT2D eigenvalue weighted by Crippen LogP contribution is 2.37. The minimum Gasteiger partial charge on any atom is -0.493 e. The number of carbonyl (C=O) groups excluding carboxylic acids is 1. The van der Waals surface area contributed by atoms with Gasteiger partial charge in [-0.2, -0.15) is 0 Å². The molecule has 0 aliphatic carbocycles. The summed E-state index contributed by atoms with van der Waals surface area (Å²) in [7, 11) is 3.61. The summed E-state index contributed by atoms with van der Waals surface area (Å²) in [4.78, 5) is 16.9. The zero-order chi connectivity index (χ0) is 17.1. The van der Waals surface area contributed by atoms with Gasteiger partial charge in [-0.15, -0.1) is 0 Å². The highest BCUT2D eigenvalue weighted by Gasteiger charge is 2.28. The summed E-state index contributed by atoms with van der Waals surface area (Å²) < 4.78 is 11.1. The topological polar surface area (TPSA) is 42.0 Å². The molecule has 0 spiro atoms. The Labute approximate surface area is 143 Å². The minimum atomic E-state index is -0.0272. The molecule has 0 radical (unpaired) electrons. The number of likely N-dealkylation sites (N-methyl/N-ethyl adjacent to an activating group) is 1. The van der Waals surface area contributed by atoms with Crippen LogP contribution in [0.1, 0.15) is 31.1 Å². The van der Waals surface area contributed by atoms with Crippen molar-refractivity contribution < 1.29 is 14.3 Å². The number of benzene rings is 1. The largest absolute Gasteiger partial charge is 0.493 e. The lowest BCUT2D eigenvalue weighted by Gasteiger charge is -2.38. The standard InChI is InChI=1S/C17H25ClN2O3/c1-11(2)23-16-14(18)8-13(9-15(16)22-5)17(21)20-7-6-19(4)10-12(20)3/h8-9,11-12H,6-7,10H2,1-5H3/t12-/m0/s1. The van der Waals surface area contributed by atoms with Gasteiger partial charge in [0.05, 0.1) is 18.2 Å². The molecule has 1 aliphatic heterocycles. The summed E-state index contributed by atoms with van der Waals surface area (Å²) in [6.45, 7) is 8.34. The van der Waals surface area contributed by atoms with Crippen LogP contribution in [-0.4, -0.2) is 61.6 Å². The number of hydrogen-bond acceptors (Lipinski definition) is 4. The lowest BCUT2D eigenvalue weighted by Crippen LogP contribution is -2.52. The fourth-order valence-electron chi connectivity index (χ4n) is 2.80. The predicted molar refractivity (Wildman–Crippen MR) is 91.8 cm³/mol. The van der Waals surface area contributed by atoms with Crippen molar-refractivity contribution in [2.75, 3.05) is 33.8 Å². The number of methoxy groups -OCH3 is 1. The van der Waals surface area contributed by atoms with E-state index in [0.717, 1.165) is 13.1 Å². The van der Waals surface area contributed by atoms with Gasteiger partial charge in [-0.3, -0.25) is 4.79 Å². The fourth-order valence-corrected chi connectivity index (χ4v) is 3.06. The molecule has 1 saturated heterocycles. The Hall–Kier alpha value is -1.46. The summed E-state index contributed by atoms with van der Waals surface area (Å²) in [6, 6.07) is 3.53. The molecule has 0 aromatic heterocycles. The van der Waals surface area contributed by atoms with E-state index in [9.17, 15) is 4.79 Å². The summed E-state index contributed by atoms with van der Waals surface area (Å²) >= 11 is 6.32. The third kappa shape index (κ3) is 4.09. The van der Waals surface area contributed by atoms with Gasteiger partial charge in [0, 0.05) is 31.2 Å². The van der Waals surface area contributed by atoms with Crippen molar-refractivity contribution in [3.8, 4) is 11.5 Å². The quantitative estimate of drug-likeness (QED) is 0.845. The summed E-state index contributed by atoms with van der Waals surface area (Å²) in [5.74, 6) is 0.936. The highest BCUT2D eigenvalue weighted by molar-refractivity contribution is 6.32. The van der Waals surface area contributed by atoms with E-state index in [1.54, 1.807) is 19.2 Å². The maximum absolute atomic E-state index is 12.8. The van der Waals surface area contributed by atoms with E-state index >= 15 is 0 Å². The molecule has 2 rings (SSSR count). The molecule has 1 heterocycles. The van der Waals surface area contributed by atoms with E-state index in [1.165, 1.54) is 0 Å². The number of nitrogens with zero attached hydrogens (tertiary/aromatic N) is 2. The molecule has 0 N–H and O–H groups in total. The summed E-state index contributed by atoms with van der Waals surface area (Å²) in [5.41, 5.74) is 0.527. The molecule has 1 aromatic carbocycles. The number of amides is 1. The van der Waals surface area contributed by atoms with Crippen LogP contribution in [0.5, 0.6) is 11.5 Å². The van der Waals surface area contributed by atoms with Crippen LogP contribution in [0.2, 0.25) is 5.02 Å². The zero-order valence-corrected chi connectivity index (χ0v) is 15.2. The fraction of sp³-hybridized carbons (Fsp3) is 0.588. The van der Waals surface area contributed by atoms with Gasteiger partial charge in [0.1, 0.15) is 0 Å². The van der Waals surface area contributed by atoms with Gasteiger partial charge in [-0.1, -0.05) is 11.6 Å². The zero-order valence-electron chi connectivity index (χ0n) is 14.4. The molecule has 1 aromatic rings. The Morgan fingerprint density at radius 1 is 1.35 bits per heavy atom. The molecule has 128 valence electrons. The van der Waals surface area contributed by atoms with E-state index in [-0.39, 0.29) is 18.1 Å². The summed E-state index contributed by atoms with van der Waals surface area (Å²) in [5, 5.41) is 0.392. The van der Waals surface area contributed by atoms with E-state index in [2.05, 4.69) is 18.9 Å². The number of piperazine rings is 1. The average molecular weight is 341 g/mol. The van der Waals surface area contributed by atoms with Gasteiger partial charge in [0.25, 0.3) is 5.91 Å². The van der Waals surface area contributed by atoms with Crippen molar-refractivity contribution in [2.24, 2.45) is 0 Å². The molecule has 1 atom stereocenters. The molecule has 0 unspecified atom stereocenters. The molecule has 0 bridgehead atoms. The Balaban J connectivity index is 2.29. The highest BCUT2D eigenvalue weighted by atomic mass is 35.5. The van der Waals surface area contributed by atoms with Crippen molar-refractivity contribution in [3.63, 3.8) is 0 Å². The molecule has 1 aliphatic rings. The van der Waals surface area contributed by atoms with Crippen LogP contribution in [0, 0.1) is 0 Å². The molecular formula is C17H25ClN2O3. The predicted octanol–water partition coefficient (Wildman–Crippen LogP) is 2.91. The van der Waals surface area contributed by atoms with E-state index in [4.69, 9.17) is 21.1 Å². The van der Waals surface area contributed by atoms with Gasteiger partial charge in [0.2, 0.25) is 0 Å². The first-order chi connectivity index (χ1) is 10.8. The maximum atomic E-state index is 12.8. The number of ether oxygens (including phenoxy) is 2. The molecule has 1 fully saturated rings. The Bertz CT molecular complexity index is 577. The molecule has 0 saturated carbocycles. The van der Waals surface area contributed by atoms with Crippen molar-refractivity contribution in [2.45, 2.75) is 32.9 Å². The Morgan fingerprint density at radius 2 is 2.04 bits per heavy atom. The lowest BCUT2D eigenvalue weighted by atomic mass is 10.1. The number of carbonyl (C=O) groups is 1. The molecular weight excluding hydrogens is 316 g/mol. The SMILES string of the molecule is COc1cc(C(=O)N2CCN(C)C[C@@H]2C)cc(Cl)c1OC(C)C. The van der Waals surface area contributed by atoms with Crippen LogP contribution in [0.3, 0.4) is 0 Å². The van der Waals surface area contributed by atoms with E-state index < -0.39 is 0 Å². The number of rotatable bonds is 4. The van der Waals surface area contributed by atoms with Crippen LogP contribution >= 0.6 is 11.6 Å². The second kappa shape index (κ2) is 7.41. The van der Waals surface area contributed by atoms with Gasteiger partial charge in [-0.05, 0) is 40.0 Å². The van der Waals surface area contributed by atoms with Gasteiger partial charge in [0.15, 0.2) is 11.5 Å². The Kier molecular flexibility index (Phi) is 5.76. The van der Waals surface area contributed by atoms with Crippen LogP contribution in [0.15, 0.2) is 12.1 Å². The first kappa shape index (κ1) is 17.9. The van der Waals surface area contributed by atoms with Gasteiger partial charge >= 0.3 is 0 Å². The lowest BCUT2D eigenvalue weighted by molar-refractivity contribution is 0.0533. The first-order valence-corrected chi connectivity index (χ1v) is 8.25. The normalized spacial score (nSPS) is 19.1. The average Bonchev–Trinajstić information content (AvgIpc) is 2.48. The molecule has 5 nitrogen and oxygen atoms in total. The Morgan fingerprint density at radius 3 is 2.61 bits per heavy atom. The van der Waals surface area contributed by atoms with Crippen molar-refractivity contribution in [1.29, 1.82) is 0 Å². The van der Waals surface area contributed by atoms with Crippen LogP contribution in [0.25, 0.3) is 0 Å². The molecule has 1 amide bonds. The van der Waals surface area contributed by atoms with Gasteiger partial charge < -0.3 is 19.3 Å². The van der Waals surface area contributed by atoms with E-state index in [0.29, 0.717) is 28.6 Å². The third-order valence-electron chi connectivity index (χ3n) is 3.92. The number of hydrogen-bond donors (Lipinski definition) is 0.